The lowest BCUT2D eigenvalue weighted by atomic mass is 10.1. The van der Waals surface area contributed by atoms with E-state index in [9.17, 15) is 4.79 Å². The number of hydrogen-bond acceptors (Lipinski definition) is 4. The number of rotatable bonds is 5. The van der Waals surface area contributed by atoms with Crippen LogP contribution >= 0.6 is 11.3 Å². The highest BCUT2D eigenvalue weighted by Crippen LogP contribution is 2.35. The van der Waals surface area contributed by atoms with Crippen LogP contribution in [0.25, 0.3) is 10.2 Å². The second-order valence-corrected chi connectivity index (χ2v) is 6.42. The Bertz CT molecular complexity index is 958. The van der Waals surface area contributed by atoms with Crippen LogP contribution in [0.2, 0.25) is 0 Å². The largest absolute Gasteiger partial charge is 0.495 e. The number of thiazole rings is 1. The Morgan fingerprint density at radius 1 is 1.08 bits per heavy atom. The van der Waals surface area contributed by atoms with E-state index in [1.807, 2.05) is 54.0 Å². The first-order chi connectivity index (χ1) is 12.2. The molecule has 3 rings (SSSR count). The van der Waals surface area contributed by atoms with Crippen molar-refractivity contribution in [1.82, 2.24) is 4.57 Å². The third-order valence-electron chi connectivity index (χ3n) is 3.93. The number of ether oxygens (including phenoxy) is 2. The fourth-order valence-corrected chi connectivity index (χ4v) is 3.97. The number of nitrogens with zero attached hydrogens (tertiary/aromatic N) is 2. The monoisotopic (exact) mass is 356 g/mol. The minimum absolute atomic E-state index is 0.169. The van der Waals surface area contributed by atoms with Crippen LogP contribution in [-0.4, -0.2) is 24.7 Å². The van der Waals surface area contributed by atoms with E-state index in [2.05, 4.69) is 4.99 Å². The maximum Gasteiger partial charge on any atom is 0.252 e. The molecule has 6 heteroatoms. The smallest absolute Gasteiger partial charge is 0.252 e. The van der Waals surface area contributed by atoms with Gasteiger partial charge in [0.25, 0.3) is 5.91 Å². The molecule has 0 unspecified atom stereocenters. The molecule has 0 N–H and O–H groups in total. The number of hydrogen-bond donors (Lipinski definition) is 0. The molecule has 0 spiro atoms. The summed E-state index contributed by atoms with van der Waals surface area (Å²) in [5.74, 6) is 1.32. The number of amides is 1. The molecule has 0 atom stereocenters. The SMILES string of the molecule is CCn1c(=NC(=O)Cc2ccccc2)sc2c(OC)ccc(OC)c21. The summed E-state index contributed by atoms with van der Waals surface area (Å²) in [6.07, 6.45) is 0.285. The highest BCUT2D eigenvalue weighted by atomic mass is 32.1. The van der Waals surface area contributed by atoms with Crippen LogP contribution in [0.5, 0.6) is 11.5 Å². The van der Waals surface area contributed by atoms with Gasteiger partial charge in [-0.05, 0) is 24.6 Å². The van der Waals surface area contributed by atoms with Crippen LogP contribution in [0.3, 0.4) is 0 Å². The molecule has 1 heterocycles. The molecule has 1 amide bonds. The summed E-state index contributed by atoms with van der Waals surface area (Å²) >= 11 is 1.44. The molecular weight excluding hydrogens is 336 g/mol. The van der Waals surface area contributed by atoms with Gasteiger partial charge in [0.1, 0.15) is 21.7 Å². The standard InChI is InChI=1S/C19H20N2O3S/c1-4-21-17-14(23-2)10-11-15(24-3)18(17)25-19(21)20-16(22)12-13-8-6-5-7-9-13/h5-11H,4,12H2,1-3H3. The summed E-state index contributed by atoms with van der Waals surface area (Å²) in [5.41, 5.74) is 1.86. The van der Waals surface area contributed by atoms with Crippen LogP contribution in [-0.2, 0) is 17.8 Å². The van der Waals surface area contributed by atoms with Crippen molar-refractivity contribution in [2.45, 2.75) is 19.9 Å². The number of benzene rings is 2. The van der Waals surface area contributed by atoms with E-state index in [0.717, 1.165) is 27.3 Å². The molecule has 25 heavy (non-hydrogen) atoms. The van der Waals surface area contributed by atoms with Gasteiger partial charge in [-0.2, -0.15) is 4.99 Å². The highest BCUT2D eigenvalue weighted by Gasteiger charge is 2.15. The van der Waals surface area contributed by atoms with Crippen LogP contribution < -0.4 is 14.3 Å². The molecule has 0 saturated heterocycles. The van der Waals surface area contributed by atoms with Gasteiger partial charge in [-0.1, -0.05) is 41.7 Å². The van der Waals surface area contributed by atoms with Gasteiger partial charge in [-0.25, -0.2) is 0 Å². The van der Waals surface area contributed by atoms with Gasteiger partial charge in [-0.15, -0.1) is 0 Å². The van der Waals surface area contributed by atoms with Crippen LogP contribution in [0.15, 0.2) is 47.5 Å². The topological polar surface area (TPSA) is 52.8 Å². The maximum absolute atomic E-state index is 12.4. The molecule has 5 nitrogen and oxygen atoms in total. The van der Waals surface area contributed by atoms with Crippen LogP contribution in [0.4, 0.5) is 0 Å². The molecule has 0 radical (unpaired) electrons. The average Bonchev–Trinajstić information content (AvgIpc) is 2.99. The van der Waals surface area contributed by atoms with E-state index >= 15 is 0 Å². The Morgan fingerprint density at radius 3 is 2.40 bits per heavy atom. The second-order valence-electron chi connectivity index (χ2n) is 5.44. The molecule has 0 saturated carbocycles. The maximum atomic E-state index is 12.4. The Balaban J connectivity index is 2.11. The van der Waals surface area contributed by atoms with Crippen molar-refractivity contribution in [3.05, 3.63) is 52.8 Å². The third kappa shape index (κ3) is 3.44. The zero-order chi connectivity index (χ0) is 17.8. The van der Waals surface area contributed by atoms with Gasteiger partial charge >= 0.3 is 0 Å². The van der Waals surface area contributed by atoms with Crippen LogP contribution in [0, 0.1) is 0 Å². The first-order valence-corrected chi connectivity index (χ1v) is 8.85. The van der Waals surface area contributed by atoms with Crippen LogP contribution in [0.1, 0.15) is 12.5 Å². The van der Waals surface area contributed by atoms with E-state index in [0.29, 0.717) is 11.3 Å². The van der Waals surface area contributed by atoms with Crippen molar-refractivity contribution in [2.24, 2.45) is 4.99 Å². The summed E-state index contributed by atoms with van der Waals surface area (Å²) in [5, 5.41) is 0. The quantitative estimate of drug-likeness (QED) is 0.704. The minimum Gasteiger partial charge on any atom is -0.495 e. The predicted octanol–water partition coefficient (Wildman–Crippen LogP) is 3.41. The summed E-state index contributed by atoms with van der Waals surface area (Å²) in [7, 11) is 3.27. The normalized spacial score (nSPS) is 11.7. The number of fused-ring (bicyclic) bond motifs is 1. The molecule has 0 aliphatic rings. The third-order valence-corrected chi connectivity index (χ3v) is 5.02. The Morgan fingerprint density at radius 2 is 1.76 bits per heavy atom. The van der Waals surface area contributed by atoms with Gasteiger partial charge in [0.05, 0.1) is 20.6 Å². The summed E-state index contributed by atoms with van der Waals surface area (Å²) in [6, 6.07) is 13.4. The number of aryl methyl sites for hydroxylation is 1. The number of methoxy groups -OCH3 is 2. The van der Waals surface area contributed by atoms with E-state index in [4.69, 9.17) is 9.47 Å². The summed E-state index contributed by atoms with van der Waals surface area (Å²) in [4.78, 5) is 17.4. The van der Waals surface area contributed by atoms with Gasteiger partial charge in [-0.3, -0.25) is 4.79 Å². The van der Waals surface area contributed by atoms with E-state index < -0.39 is 0 Å². The minimum atomic E-state index is -0.169. The zero-order valence-corrected chi connectivity index (χ0v) is 15.3. The Hall–Kier alpha value is -2.60. The zero-order valence-electron chi connectivity index (χ0n) is 14.5. The molecule has 0 fully saturated rings. The lowest BCUT2D eigenvalue weighted by Crippen LogP contribution is -2.16. The van der Waals surface area contributed by atoms with E-state index in [1.54, 1.807) is 14.2 Å². The fourth-order valence-electron chi connectivity index (χ4n) is 2.75. The van der Waals surface area contributed by atoms with Crippen molar-refractivity contribution in [3.63, 3.8) is 0 Å². The van der Waals surface area contributed by atoms with Crippen molar-refractivity contribution < 1.29 is 14.3 Å². The van der Waals surface area contributed by atoms with Crippen molar-refractivity contribution >= 4 is 27.5 Å². The average molecular weight is 356 g/mol. The number of aromatic nitrogens is 1. The van der Waals surface area contributed by atoms with E-state index in [1.165, 1.54) is 11.3 Å². The first-order valence-electron chi connectivity index (χ1n) is 8.03. The van der Waals surface area contributed by atoms with Crippen molar-refractivity contribution in [2.75, 3.05) is 14.2 Å². The second kappa shape index (κ2) is 7.53. The van der Waals surface area contributed by atoms with Gasteiger partial charge < -0.3 is 14.0 Å². The van der Waals surface area contributed by atoms with Gasteiger partial charge in [0.2, 0.25) is 0 Å². The number of carbonyl (C=O) groups is 1. The van der Waals surface area contributed by atoms with Crippen molar-refractivity contribution in [3.8, 4) is 11.5 Å². The lowest BCUT2D eigenvalue weighted by molar-refractivity contribution is -0.117. The lowest BCUT2D eigenvalue weighted by Gasteiger charge is -2.08. The summed E-state index contributed by atoms with van der Waals surface area (Å²) in [6.45, 7) is 2.70. The highest BCUT2D eigenvalue weighted by molar-refractivity contribution is 7.16. The van der Waals surface area contributed by atoms with Crippen molar-refractivity contribution in [1.29, 1.82) is 0 Å². The molecule has 1 aromatic heterocycles. The molecule has 3 aromatic rings. The van der Waals surface area contributed by atoms with Gasteiger partial charge in [0, 0.05) is 6.54 Å². The first kappa shape index (κ1) is 17.2. The molecular formula is C19H20N2O3S. The molecule has 130 valence electrons. The molecule has 0 bridgehead atoms. The molecule has 0 aliphatic heterocycles. The van der Waals surface area contributed by atoms with Gasteiger partial charge in [0.15, 0.2) is 4.80 Å². The Kier molecular flexibility index (Phi) is 5.19. The summed E-state index contributed by atoms with van der Waals surface area (Å²) < 4.78 is 13.9. The van der Waals surface area contributed by atoms with E-state index in [-0.39, 0.29) is 12.3 Å². The molecule has 0 aliphatic carbocycles. The number of carbonyl (C=O) groups excluding carboxylic acids is 1. The fraction of sp³-hybridized carbons (Fsp3) is 0.263. The Labute approximate surface area is 150 Å². The predicted molar refractivity (Wildman–Crippen MR) is 99.3 cm³/mol. The molecule has 2 aromatic carbocycles.